The Hall–Kier alpha value is -1.17. The molecule has 0 radical (unpaired) electrons. The Morgan fingerprint density at radius 2 is 2.00 bits per heavy atom. The van der Waals surface area contributed by atoms with E-state index >= 15 is 0 Å². The summed E-state index contributed by atoms with van der Waals surface area (Å²) in [6.45, 7) is 0. The smallest absolute Gasteiger partial charge is 0.293 e. The summed E-state index contributed by atoms with van der Waals surface area (Å²) in [6, 6.07) is 1.78. The van der Waals surface area contributed by atoms with Crippen LogP contribution in [-0.4, -0.2) is 19.0 Å². The van der Waals surface area contributed by atoms with Crippen molar-refractivity contribution in [2.45, 2.75) is 0 Å². The van der Waals surface area contributed by atoms with Gasteiger partial charge in [-0.3, -0.25) is 4.79 Å². The predicted molar refractivity (Wildman–Crippen MR) is 55.6 cm³/mol. The molecular formula is C9H8BrF2NO2. The van der Waals surface area contributed by atoms with Crippen molar-refractivity contribution in [3.63, 3.8) is 0 Å². The Labute approximate surface area is 93.8 Å². The topological polar surface area (TPSA) is 29.5 Å². The van der Waals surface area contributed by atoms with Crippen LogP contribution in [0, 0.1) is 11.6 Å². The van der Waals surface area contributed by atoms with Crippen molar-refractivity contribution in [1.29, 1.82) is 0 Å². The summed E-state index contributed by atoms with van der Waals surface area (Å²) in [7, 11) is 2.55. The molecule has 0 heterocycles. The molecule has 0 fully saturated rings. The zero-order valence-corrected chi connectivity index (χ0v) is 9.64. The average molecular weight is 280 g/mol. The Bertz CT molecular complexity index is 398. The third-order valence-corrected chi connectivity index (χ3v) is 2.38. The van der Waals surface area contributed by atoms with Crippen molar-refractivity contribution in [2.24, 2.45) is 0 Å². The standard InChI is InChI=1S/C9H8BrF2NO2/c1-13(9(10)14)7-3-6(12)8(15-2)4-5(7)11/h3-4H,1-2H3. The molecule has 0 atom stereocenters. The Kier molecular flexibility index (Phi) is 3.62. The van der Waals surface area contributed by atoms with Crippen molar-refractivity contribution in [3.8, 4) is 5.75 Å². The van der Waals surface area contributed by atoms with Crippen LogP contribution in [0.4, 0.5) is 19.3 Å². The maximum Gasteiger partial charge on any atom is 0.293 e. The van der Waals surface area contributed by atoms with Gasteiger partial charge in [0, 0.05) is 35.1 Å². The van der Waals surface area contributed by atoms with Gasteiger partial charge in [0.15, 0.2) is 17.4 Å². The fourth-order valence-corrected chi connectivity index (χ4v) is 1.22. The minimum atomic E-state index is -0.733. The molecule has 0 aliphatic rings. The Morgan fingerprint density at radius 3 is 2.47 bits per heavy atom. The molecule has 0 aliphatic heterocycles. The molecule has 1 amide bonds. The van der Waals surface area contributed by atoms with Crippen LogP contribution in [0.15, 0.2) is 12.1 Å². The Morgan fingerprint density at radius 1 is 1.40 bits per heavy atom. The number of ether oxygens (including phenoxy) is 1. The van der Waals surface area contributed by atoms with E-state index < -0.39 is 16.5 Å². The van der Waals surface area contributed by atoms with Crippen LogP contribution >= 0.6 is 15.9 Å². The third kappa shape index (κ3) is 2.44. The number of benzene rings is 1. The van der Waals surface area contributed by atoms with Crippen molar-refractivity contribution in [2.75, 3.05) is 19.1 Å². The van der Waals surface area contributed by atoms with Gasteiger partial charge in [-0.05, 0) is 0 Å². The Balaban J connectivity index is 3.21. The van der Waals surface area contributed by atoms with Crippen molar-refractivity contribution >= 4 is 26.4 Å². The number of nitrogens with zero attached hydrogens (tertiary/aromatic N) is 1. The molecule has 0 unspecified atom stereocenters. The van der Waals surface area contributed by atoms with E-state index in [1.165, 1.54) is 14.2 Å². The highest BCUT2D eigenvalue weighted by molar-refractivity contribution is 9.18. The van der Waals surface area contributed by atoms with Gasteiger partial charge < -0.3 is 9.64 Å². The van der Waals surface area contributed by atoms with Crippen LogP contribution < -0.4 is 9.64 Å². The highest BCUT2D eigenvalue weighted by Gasteiger charge is 2.16. The molecule has 0 saturated carbocycles. The molecule has 1 aromatic carbocycles. The van der Waals surface area contributed by atoms with Crippen molar-refractivity contribution < 1.29 is 18.3 Å². The first kappa shape index (κ1) is 11.9. The number of carbonyl (C=O) groups excluding carboxylic acids is 1. The van der Waals surface area contributed by atoms with E-state index in [4.69, 9.17) is 0 Å². The van der Waals surface area contributed by atoms with Crippen LogP contribution in [-0.2, 0) is 0 Å². The summed E-state index contributed by atoms with van der Waals surface area (Å²) < 4.78 is 31.2. The van der Waals surface area contributed by atoms with Gasteiger partial charge in [0.25, 0.3) is 4.82 Å². The number of anilines is 1. The van der Waals surface area contributed by atoms with Gasteiger partial charge in [-0.2, -0.15) is 0 Å². The van der Waals surface area contributed by atoms with Crippen LogP contribution in [0.1, 0.15) is 0 Å². The van der Waals surface area contributed by atoms with E-state index in [2.05, 4.69) is 20.7 Å². The van der Waals surface area contributed by atoms with E-state index in [9.17, 15) is 13.6 Å². The summed E-state index contributed by atoms with van der Waals surface area (Å²) in [5.41, 5.74) is -0.157. The van der Waals surface area contributed by atoms with E-state index in [1.54, 1.807) is 0 Å². The highest BCUT2D eigenvalue weighted by Crippen LogP contribution is 2.27. The van der Waals surface area contributed by atoms with Crippen LogP contribution in [0.25, 0.3) is 0 Å². The van der Waals surface area contributed by atoms with Gasteiger partial charge in [0.05, 0.1) is 12.8 Å². The molecule has 6 heteroatoms. The lowest BCUT2D eigenvalue weighted by molar-refractivity contribution is 0.266. The number of amides is 1. The summed E-state index contributed by atoms with van der Waals surface area (Å²) in [5, 5.41) is 0. The minimum absolute atomic E-state index is 0.157. The van der Waals surface area contributed by atoms with E-state index in [-0.39, 0.29) is 11.4 Å². The van der Waals surface area contributed by atoms with Gasteiger partial charge in [-0.1, -0.05) is 0 Å². The second-order valence-electron chi connectivity index (χ2n) is 2.75. The third-order valence-electron chi connectivity index (χ3n) is 1.85. The highest BCUT2D eigenvalue weighted by atomic mass is 79.9. The quantitative estimate of drug-likeness (QED) is 0.615. The lowest BCUT2D eigenvalue weighted by Crippen LogP contribution is -2.20. The predicted octanol–water partition coefficient (Wildman–Crippen LogP) is 2.92. The van der Waals surface area contributed by atoms with Gasteiger partial charge >= 0.3 is 0 Å². The van der Waals surface area contributed by atoms with E-state index in [0.29, 0.717) is 0 Å². The second kappa shape index (κ2) is 4.57. The van der Waals surface area contributed by atoms with Crippen LogP contribution in [0.3, 0.4) is 0 Å². The summed E-state index contributed by atoms with van der Waals surface area (Å²) in [4.78, 5) is 11.3. The van der Waals surface area contributed by atoms with E-state index in [0.717, 1.165) is 17.0 Å². The molecule has 15 heavy (non-hydrogen) atoms. The number of rotatable bonds is 2. The molecular weight excluding hydrogens is 272 g/mol. The molecule has 0 aliphatic carbocycles. The summed E-state index contributed by atoms with van der Waals surface area (Å²) in [5.74, 6) is -1.66. The molecule has 0 N–H and O–H groups in total. The first-order valence-corrected chi connectivity index (χ1v) is 4.73. The fraction of sp³-hybridized carbons (Fsp3) is 0.222. The lowest BCUT2D eigenvalue weighted by atomic mass is 10.2. The molecule has 82 valence electrons. The molecule has 3 nitrogen and oxygen atoms in total. The number of hydrogen-bond acceptors (Lipinski definition) is 2. The lowest BCUT2D eigenvalue weighted by Gasteiger charge is -2.15. The number of methoxy groups -OCH3 is 1. The normalized spacial score (nSPS) is 9.93. The monoisotopic (exact) mass is 279 g/mol. The summed E-state index contributed by atoms with van der Waals surface area (Å²) in [6.07, 6.45) is 0. The molecule has 1 rings (SSSR count). The molecule has 1 aromatic rings. The number of hydrogen-bond donors (Lipinski definition) is 0. The van der Waals surface area contributed by atoms with Gasteiger partial charge in [0.2, 0.25) is 0 Å². The minimum Gasteiger partial charge on any atom is -0.494 e. The number of carbonyl (C=O) groups is 1. The van der Waals surface area contributed by atoms with Crippen LogP contribution in [0.5, 0.6) is 5.75 Å². The summed E-state index contributed by atoms with van der Waals surface area (Å²) >= 11 is 2.64. The average Bonchev–Trinajstić information content (AvgIpc) is 2.19. The fourth-order valence-electron chi connectivity index (χ4n) is 1.03. The maximum atomic E-state index is 13.4. The maximum absolute atomic E-state index is 13.4. The van der Waals surface area contributed by atoms with Gasteiger partial charge in [-0.15, -0.1) is 0 Å². The zero-order chi connectivity index (χ0) is 11.6. The molecule has 0 saturated heterocycles. The largest absolute Gasteiger partial charge is 0.494 e. The first-order valence-electron chi connectivity index (χ1n) is 3.93. The first-order chi connectivity index (χ1) is 6.97. The van der Waals surface area contributed by atoms with Crippen molar-refractivity contribution in [3.05, 3.63) is 23.8 Å². The molecule has 0 spiro atoms. The zero-order valence-electron chi connectivity index (χ0n) is 8.05. The van der Waals surface area contributed by atoms with Crippen LogP contribution in [0.2, 0.25) is 0 Å². The molecule has 0 bridgehead atoms. The molecule has 0 aromatic heterocycles. The SMILES string of the molecule is COc1cc(F)c(N(C)C(=O)Br)cc1F. The van der Waals surface area contributed by atoms with E-state index in [1.807, 2.05) is 0 Å². The van der Waals surface area contributed by atoms with Gasteiger partial charge in [0.1, 0.15) is 0 Å². The van der Waals surface area contributed by atoms with Crippen molar-refractivity contribution in [1.82, 2.24) is 0 Å². The van der Waals surface area contributed by atoms with Gasteiger partial charge in [-0.25, -0.2) is 8.78 Å². The number of halogens is 3. The second-order valence-corrected chi connectivity index (χ2v) is 3.43.